The normalized spacial score (nSPS) is 13.7. The van der Waals surface area contributed by atoms with Crippen LogP contribution in [0.25, 0.3) is 16.5 Å². The van der Waals surface area contributed by atoms with Gasteiger partial charge >= 0.3 is 6.09 Å². The molecule has 4 rings (SSSR count). The van der Waals surface area contributed by atoms with Gasteiger partial charge in [-0.25, -0.2) is 4.79 Å². The Morgan fingerprint density at radius 1 is 1.12 bits per heavy atom. The van der Waals surface area contributed by atoms with E-state index in [-0.39, 0.29) is 11.3 Å². The molecule has 1 heterocycles. The van der Waals surface area contributed by atoms with Crippen LogP contribution >= 0.6 is 0 Å². The smallest absolute Gasteiger partial charge is 0.405 e. The monoisotopic (exact) mass is 350 g/mol. The number of amides is 1. The molecule has 2 aromatic carbocycles. The van der Waals surface area contributed by atoms with E-state index in [0.717, 1.165) is 22.9 Å². The summed E-state index contributed by atoms with van der Waals surface area (Å²) in [5.41, 5.74) is 2.84. The molecule has 6 nitrogen and oxygen atoms in total. The number of aryl methyl sites for hydroxylation is 2. The highest BCUT2D eigenvalue weighted by atomic mass is 16.4. The van der Waals surface area contributed by atoms with Crippen LogP contribution in [0.1, 0.15) is 29.8 Å². The standard InChI is InChI=1S/C20H18N2O4/c1-11(21-20(25)26)18-14-9-7-12-8-10-15(23)17(16(12)14)19(24)22(18)13-5-3-2-4-6-13/h2-6,8,10-11,21,23H,7,9H2,1H3,(H,25,26)/t11-/m0/s1. The van der Waals surface area contributed by atoms with Crippen molar-refractivity contribution in [2.24, 2.45) is 0 Å². The molecular weight excluding hydrogens is 332 g/mol. The summed E-state index contributed by atoms with van der Waals surface area (Å²) in [6.45, 7) is 1.73. The van der Waals surface area contributed by atoms with Gasteiger partial charge in [0.05, 0.1) is 17.1 Å². The van der Waals surface area contributed by atoms with Gasteiger partial charge in [0.2, 0.25) is 0 Å². The fourth-order valence-electron chi connectivity index (χ4n) is 3.94. The first-order valence-electron chi connectivity index (χ1n) is 8.46. The number of nitrogens with zero attached hydrogens (tertiary/aromatic N) is 1. The van der Waals surface area contributed by atoms with Crippen LogP contribution in [0.15, 0.2) is 47.3 Å². The van der Waals surface area contributed by atoms with Crippen molar-refractivity contribution in [2.75, 3.05) is 0 Å². The zero-order valence-corrected chi connectivity index (χ0v) is 14.2. The number of aromatic hydroxyl groups is 1. The minimum absolute atomic E-state index is 0.0491. The lowest BCUT2D eigenvalue weighted by molar-refractivity contribution is 0.190. The van der Waals surface area contributed by atoms with E-state index in [2.05, 4.69) is 5.32 Å². The van der Waals surface area contributed by atoms with E-state index in [4.69, 9.17) is 0 Å². The minimum atomic E-state index is -1.15. The number of rotatable bonds is 3. The highest BCUT2D eigenvalue weighted by molar-refractivity contribution is 5.95. The number of carbonyl (C=O) groups is 1. The lowest BCUT2D eigenvalue weighted by atomic mass is 10.00. The van der Waals surface area contributed by atoms with E-state index in [9.17, 15) is 19.8 Å². The molecule has 0 spiro atoms. The third kappa shape index (κ3) is 2.34. The first-order chi connectivity index (χ1) is 12.5. The van der Waals surface area contributed by atoms with Gasteiger partial charge in [-0.2, -0.15) is 0 Å². The average molecular weight is 350 g/mol. The number of benzene rings is 2. The molecule has 1 amide bonds. The molecule has 0 unspecified atom stereocenters. The van der Waals surface area contributed by atoms with Crippen LogP contribution in [0.3, 0.4) is 0 Å². The minimum Gasteiger partial charge on any atom is -0.507 e. The van der Waals surface area contributed by atoms with Crippen molar-refractivity contribution in [1.29, 1.82) is 0 Å². The zero-order valence-electron chi connectivity index (χ0n) is 14.2. The topological polar surface area (TPSA) is 91.6 Å². The molecule has 3 N–H and O–H groups in total. The first kappa shape index (κ1) is 16.2. The van der Waals surface area contributed by atoms with Crippen molar-refractivity contribution in [1.82, 2.24) is 9.88 Å². The highest BCUT2D eigenvalue weighted by Gasteiger charge is 2.28. The molecular formula is C20H18N2O4. The van der Waals surface area contributed by atoms with Gasteiger partial charge in [-0.15, -0.1) is 0 Å². The molecule has 26 heavy (non-hydrogen) atoms. The van der Waals surface area contributed by atoms with Gasteiger partial charge in [0.25, 0.3) is 5.56 Å². The Morgan fingerprint density at radius 2 is 1.85 bits per heavy atom. The molecule has 1 aliphatic rings. The van der Waals surface area contributed by atoms with E-state index in [1.54, 1.807) is 25.1 Å². The van der Waals surface area contributed by atoms with Crippen LogP contribution in [0.5, 0.6) is 5.75 Å². The maximum Gasteiger partial charge on any atom is 0.405 e. The predicted octanol–water partition coefficient (Wildman–Crippen LogP) is 3.12. The third-order valence-corrected chi connectivity index (χ3v) is 4.95. The van der Waals surface area contributed by atoms with E-state index in [1.807, 2.05) is 24.3 Å². The van der Waals surface area contributed by atoms with Crippen LogP contribution in [0, 0.1) is 0 Å². The molecule has 1 aliphatic carbocycles. The highest BCUT2D eigenvalue weighted by Crippen LogP contribution is 2.38. The van der Waals surface area contributed by atoms with Crippen LogP contribution < -0.4 is 10.9 Å². The van der Waals surface area contributed by atoms with E-state index in [1.165, 1.54) is 4.57 Å². The maximum atomic E-state index is 13.3. The summed E-state index contributed by atoms with van der Waals surface area (Å²) in [4.78, 5) is 24.5. The fraction of sp³-hybridized carbons (Fsp3) is 0.200. The molecule has 1 aromatic heterocycles. The van der Waals surface area contributed by atoms with Gasteiger partial charge in [0.15, 0.2) is 0 Å². The Morgan fingerprint density at radius 3 is 2.54 bits per heavy atom. The van der Waals surface area contributed by atoms with Gasteiger partial charge in [0.1, 0.15) is 5.75 Å². The number of phenols is 1. The van der Waals surface area contributed by atoms with Crippen LogP contribution in [-0.4, -0.2) is 20.9 Å². The van der Waals surface area contributed by atoms with Crippen molar-refractivity contribution in [3.63, 3.8) is 0 Å². The zero-order chi connectivity index (χ0) is 18.4. The number of carboxylic acid groups (broad SMARTS) is 1. The Kier molecular flexibility index (Phi) is 3.68. The molecule has 0 radical (unpaired) electrons. The molecule has 6 heteroatoms. The largest absolute Gasteiger partial charge is 0.507 e. The lowest BCUT2D eigenvalue weighted by Crippen LogP contribution is -2.32. The van der Waals surface area contributed by atoms with E-state index >= 15 is 0 Å². The molecule has 0 bridgehead atoms. The van der Waals surface area contributed by atoms with Gasteiger partial charge in [-0.3, -0.25) is 9.36 Å². The molecule has 3 aromatic rings. The summed E-state index contributed by atoms with van der Waals surface area (Å²) in [6.07, 6.45) is 0.312. The Labute approximate surface area is 149 Å². The summed E-state index contributed by atoms with van der Waals surface area (Å²) in [5, 5.41) is 23.0. The summed E-state index contributed by atoms with van der Waals surface area (Å²) in [7, 11) is 0. The quantitative estimate of drug-likeness (QED) is 0.677. The second kappa shape index (κ2) is 5.91. The lowest BCUT2D eigenvalue weighted by Gasteiger charge is -2.23. The van der Waals surface area contributed by atoms with Gasteiger partial charge in [0, 0.05) is 5.69 Å². The summed E-state index contributed by atoms with van der Waals surface area (Å²) >= 11 is 0. The molecule has 1 atom stereocenters. The second-order valence-corrected chi connectivity index (χ2v) is 6.50. The SMILES string of the molecule is C[C@H](NC(=O)O)c1c2c3c(ccc(O)c3c(=O)n1-c1ccccc1)CC2. The molecule has 0 saturated carbocycles. The van der Waals surface area contributed by atoms with Crippen molar-refractivity contribution in [3.8, 4) is 11.4 Å². The van der Waals surface area contributed by atoms with Crippen LogP contribution in [0.4, 0.5) is 4.79 Å². The van der Waals surface area contributed by atoms with Crippen molar-refractivity contribution < 1.29 is 15.0 Å². The number of pyridine rings is 1. The van der Waals surface area contributed by atoms with Crippen molar-refractivity contribution >= 4 is 16.9 Å². The number of aromatic nitrogens is 1. The predicted molar refractivity (Wildman–Crippen MR) is 98.2 cm³/mol. The average Bonchev–Trinajstić information content (AvgIpc) is 3.03. The number of hydrogen-bond donors (Lipinski definition) is 3. The summed E-state index contributed by atoms with van der Waals surface area (Å²) in [5.74, 6) is -0.0491. The summed E-state index contributed by atoms with van der Waals surface area (Å²) < 4.78 is 1.52. The van der Waals surface area contributed by atoms with Crippen molar-refractivity contribution in [3.05, 3.63) is 69.6 Å². The van der Waals surface area contributed by atoms with E-state index in [0.29, 0.717) is 23.2 Å². The maximum absolute atomic E-state index is 13.3. The summed E-state index contributed by atoms with van der Waals surface area (Å²) in [6, 6.07) is 11.9. The fourth-order valence-corrected chi connectivity index (χ4v) is 3.94. The van der Waals surface area contributed by atoms with Crippen LogP contribution in [0.2, 0.25) is 0 Å². The van der Waals surface area contributed by atoms with Crippen LogP contribution in [-0.2, 0) is 12.8 Å². The first-order valence-corrected chi connectivity index (χ1v) is 8.46. The number of nitrogens with one attached hydrogen (secondary N) is 1. The van der Waals surface area contributed by atoms with Gasteiger partial charge < -0.3 is 15.5 Å². The molecule has 0 aliphatic heterocycles. The number of phenolic OH excluding ortho intramolecular Hbond substituents is 1. The van der Waals surface area contributed by atoms with Gasteiger partial charge in [-0.1, -0.05) is 24.3 Å². The van der Waals surface area contributed by atoms with Crippen molar-refractivity contribution in [2.45, 2.75) is 25.8 Å². The Hall–Kier alpha value is -3.28. The molecule has 132 valence electrons. The van der Waals surface area contributed by atoms with Gasteiger partial charge in [-0.05, 0) is 54.5 Å². The molecule has 0 fully saturated rings. The van der Waals surface area contributed by atoms with E-state index < -0.39 is 12.1 Å². The number of para-hydroxylation sites is 1. The Balaban J connectivity index is 2.15. The second-order valence-electron chi connectivity index (χ2n) is 6.50. The Bertz CT molecular complexity index is 1090. The number of hydrogen-bond acceptors (Lipinski definition) is 3. The third-order valence-electron chi connectivity index (χ3n) is 4.95. The molecule has 0 saturated heterocycles.